The van der Waals surface area contributed by atoms with Gasteiger partial charge in [-0.25, -0.2) is 9.37 Å². The van der Waals surface area contributed by atoms with Crippen molar-refractivity contribution in [3.8, 4) is 10.6 Å². The number of aromatic nitrogens is 2. The molecule has 2 aromatic heterocycles. The van der Waals surface area contributed by atoms with Crippen molar-refractivity contribution in [2.75, 3.05) is 0 Å². The van der Waals surface area contributed by atoms with Crippen molar-refractivity contribution in [1.82, 2.24) is 15.3 Å². The molecule has 0 aromatic carbocycles. The first-order chi connectivity index (χ1) is 9.97. The van der Waals surface area contributed by atoms with Crippen molar-refractivity contribution in [1.29, 1.82) is 0 Å². The van der Waals surface area contributed by atoms with Crippen LogP contribution in [0.3, 0.4) is 0 Å². The molecular weight excluding hydrogens is 285 g/mol. The van der Waals surface area contributed by atoms with Crippen molar-refractivity contribution >= 4 is 11.3 Å². The smallest absolute Gasteiger partial charge is 0.151 e. The monoisotopic (exact) mass is 307 g/mol. The average Bonchev–Trinajstić information content (AvgIpc) is 2.79. The Kier molecular flexibility index (Phi) is 5.42. The number of halogens is 1. The van der Waals surface area contributed by atoms with E-state index < -0.39 is 0 Å². The van der Waals surface area contributed by atoms with Crippen LogP contribution in [0.2, 0.25) is 0 Å². The summed E-state index contributed by atoms with van der Waals surface area (Å²) in [6.07, 6.45) is 3.76. The molecule has 0 aliphatic rings. The van der Waals surface area contributed by atoms with Crippen LogP contribution < -0.4 is 5.32 Å². The highest BCUT2D eigenvalue weighted by molar-refractivity contribution is 7.15. The zero-order valence-electron chi connectivity index (χ0n) is 13.0. The van der Waals surface area contributed by atoms with Crippen LogP contribution >= 0.6 is 11.3 Å². The molecule has 0 atom stereocenters. The van der Waals surface area contributed by atoms with E-state index >= 15 is 0 Å². The summed E-state index contributed by atoms with van der Waals surface area (Å²) in [6, 6.07) is 2.10. The van der Waals surface area contributed by atoms with Crippen molar-refractivity contribution in [3.05, 3.63) is 34.8 Å². The van der Waals surface area contributed by atoms with Crippen LogP contribution in [0.15, 0.2) is 18.5 Å². The summed E-state index contributed by atoms with van der Waals surface area (Å²) < 4.78 is 13.9. The third-order valence-corrected chi connectivity index (χ3v) is 4.18. The normalized spacial score (nSPS) is 11.6. The van der Waals surface area contributed by atoms with Crippen molar-refractivity contribution in [2.24, 2.45) is 5.92 Å². The fourth-order valence-electron chi connectivity index (χ4n) is 2.03. The van der Waals surface area contributed by atoms with Crippen LogP contribution in [0.25, 0.3) is 10.6 Å². The van der Waals surface area contributed by atoms with Crippen LogP contribution in [0.4, 0.5) is 4.39 Å². The molecular formula is C16H22FN3S. The lowest BCUT2D eigenvalue weighted by atomic mass is 10.1. The number of nitrogens with one attached hydrogen (secondary N) is 1. The summed E-state index contributed by atoms with van der Waals surface area (Å²) in [5.74, 6) is 0.214. The van der Waals surface area contributed by atoms with Crippen LogP contribution in [-0.4, -0.2) is 16.0 Å². The quantitative estimate of drug-likeness (QED) is 0.875. The van der Waals surface area contributed by atoms with E-state index in [1.54, 1.807) is 23.6 Å². The van der Waals surface area contributed by atoms with Gasteiger partial charge in [0.2, 0.25) is 0 Å². The van der Waals surface area contributed by atoms with Gasteiger partial charge in [0.05, 0.1) is 11.9 Å². The minimum atomic E-state index is -0.314. The molecule has 5 heteroatoms. The molecule has 0 unspecified atom stereocenters. The Morgan fingerprint density at radius 1 is 1.29 bits per heavy atom. The predicted octanol–water partition coefficient (Wildman–Crippen LogP) is 4.04. The lowest BCUT2D eigenvalue weighted by Crippen LogP contribution is -2.22. The number of pyridine rings is 1. The highest BCUT2D eigenvalue weighted by Crippen LogP contribution is 2.30. The van der Waals surface area contributed by atoms with Gasteiger partial charge in [0.1, 0.15) is 5.01 Å². The molecule has 0 saturated heterocycles. The first kappa shape index (κ1) is 16.0. The molecule has 0 fully saturated rings. The largest absolute Gasteiger partial charge is 0.310 e. The number of hydrogen-bond acceptors (Lipinski definition) is 4. The summed E-state index contributed by atoms with van der Waals surface area (Å²) in [7, 11) is 0. The average molecular weight is 307 g/mol. The molecule has 114 valence electrons. The topological polar surface area (TPSA) is 37.8 Å². The predicted molar refractivity (Wildman–Crippen MR) is 85.8 cm³/mol. The molecule has 21 heavy (non-hydrogen) atoms. The van der Waals surface area contributed by atoms with E-state index in [2.05, 4.69) is 43.0 Å². The van der Waals surface area contributed by atoms with Gasteiger partial charge < -0.3 is 5.32 Å². The van der Waals surface area contributed by atoms with Crippen LogP contribution in [0.1, 0.15) is 38.3 Å². The second-order valence-corrected chi connectivity index (χ2v) is 6.96. The summed E-state index contributed by atoms with van der Waals surface area (Å²) in [6.45, 7) is 9.36. The maximum Gasteiger partial charge on any atom is 0.151 e. The second kappa shape index (κ2) is 7.09. The van der Waals surface area contributed by atoms with Gasteiger partial charge in [-0.3, -0.25) is 4.98 Å². The van der Waals surface area contributed by atoms with Crippen LogP contribution in [0, 0.1) is 11.7 Å². The minimum Gasteiger partial charge on any atom is -0.310 e. The van der Waals surface area contributed by atoms with E-state index in [0.717, 1.165) is 23.7 Å². The molecule has 0 spiro atoms. The molecule has 0 bridgehead atoms. The zero-order valence-corrected chi connectivity index (χ0v) is 13.8. The second-order valence-electron chi connectivity index (χ2n) is 5.88. The van der Waals surface area contributed by atoms with Gasteiger partial charge >= 0.3 is 0 Å². The zero-order chi connectivity index (χ0) is 15.4. The molecule has 0 radical (unpaired) electrons. The summed E-state index contributed by atoms with van der Waals surface area (Å²) >= 11 is 1.57. The van der Waals surface area contributed by atoms with Gasteiger partial charge in [0, 0.05) is 29.2 Å². The van der Waals surface area contributed by atoms with Gasteiger partial charge in [0.15, 0.2) is 5.82 Å². The first-order valence-corrected chi connectivity index (χ1v) is 8.11. The molecule has 0 aliphatic heterocycles. The van der Waals surface area contributed by atoms with Gasteiger partial charge in [-0.15, -0.1) is 11.3 Å². The lowest BCUT2D eigenvalue weighted by molar-refractivity contribution is 0.581. The summed E-state index contributed by atoms with van der Waals surface area (Å²) in [5.41, 5.74) is 1.62. The maximum absolute atomic E-state index is 13.9. The number of rotatable bonds is 6. The van der Waals surface area contributed by atoms with Gasteiger partial charge in [-0.2, -0.15) is 0 Å². The molecule has 3 nitrogen and oxygen atoms in total. The van der Waals surface area contributed by atoms with Gasteiger partial charge in [0.25, 0.3) is 0 Å². The van der Waals surface area contributed by atoms with E-state index in [-0.39, 0.29) is 5.82 Å². The maximum atomic E-state index is 13.9. The highest BCUT2D eigenvalue weighted by atomic mass is 32.1. The first-order valence-electron chi connectivity index (χ1n) is 7.29. The van der Waals surface area contributed by atoms with Crippen LogP contribution in [-0.2, 0) is 13.0 Å². The number of nitrogens with zero attached hydrogens (tertiary/aromatic N) is 2. The van der Waals surface area contributed by atoms with Crippen molar-refractivity contribution in [3.63, 3.8) is 0 Å². The Bertz CT molecular complexity index is 593. The summed E-state index contributed by atoms with van der Waals surface area (Å²) in [5, 5.41) is 4.16. The van der Waals surface area contributed by atoms with E-state index in [1.807, 2.05) is 0 Å². The SMILES string of the molecule is CC(C)Cc1nc(-c2ccncc2F)sc1CNC(C)C. The number of thiazole rings is 1. The van der Waals surface area contributed by atoms with Gasteiger partial charge in [-0.1, -0.05) is 27.7 Å². The van der Waals surface area contributed by atoms with E-state index in [1.165, 1.54) is 11.1 Å². The minimum absolute atomic E-state index is 0.314. The Morgan fingerprint density at radius 2 is 2.05 bits per heavy atom. The van der Waals surface area contributed by atoms with Crippen molar-refractivity contribution < 1.29 is 4.39 Å². The third-order valence-electron chi connectivity index (χ3n) is 3.05. The Labute approximate surface area is 129 Å². The highest BCUT2D eigenvalue weighted by Gasteiger charge is 2.16. The number of hydrogen-bond donors (Lipinski definition) is 1. The fraction of sp³-hybridized carbons (Fsp3) is 0.500. The summed E-state index contributed by atoms with van der Waals surface area (Å²) in [4.78, 5) is 9.66. The standard InChI is InChI=1S/C16H22FN3S/c1-10(2)7-14-15(9-19-11(3)4)21-16(20-14)12-5-6-18-8-13(12)17/h5-6,8,10-11,19H,7,9H2,1-4H3. The molecule has 2 aromatic rings. The lowest BCUT2D eigenvalue weighted by Gasteiger charge is -2.08. The van der Waals surface area contributed by atoms with Gasteiger partial charge in [-0.05, 0) is 18.4 Å². The third kappa shape index (κ3) is 4.32. The fourth-order valence-corrected chi connectivity index (χ4v) is 3.10. The van der Waals surface area contributed by atoms with Crippen molar-refractivity contribution in [2.45, 2.75) is 46.7 Å². The van der Waals surface area contributed by atoms with E-state index in [0.29, 0.717) is 17.5 Å². The Balaban J connectivity index is 2.33. The Morgan fingerprint density at radius 3 is 2.67 bits per heavy atom. The molecule has 0 saturated carbocycles. The Hall–Kier alpha value is -1.33. The van der Waals surface area contributed by atoms with Crippen LogP contribution in [0.5, 0.6) is 0 Å². The van der Waals surface area contributed by atoms with E-state index in [9.17, 15) is 4.39 Å². The molecule has 2 heterocycles. The molecule has 0 aliphatic carbocycles. The molecule has 2 rings (SSSR count). The molecule has 1 N–H and O–H groups in total. The van der Waals surface area contributed by atoms with E-state index in [4.69, 9.17) is 0 Å². The molecule has 0 amide bonds.